The molecule has 0 aliphatic heterocycles. The Hall–Kier alpha value is -2.47. The van der Waals surface area contributed by atoms with Gasteiger partial charge in [-0.15, -0.1) is 0 Å². The van der Waals surface area contributed by atoms with Gasteiger partial charge in [0.25, 0.3) is 5.91 Å². The largest absolute Gasteiger partial charge is 0.481 e. The predicted octanol–water partition coefficient (Wildman–Crippen LogP) is 4.63. The predicted molar refractivity (Wildman–Crippen MR) is 95.9 cm³/mol. The first kappa shape index (κ1) is 17.4. The van der Waals surface area contributed by atoms with Crippen LogP contribution in [-0.2, 0) is 17.9 Å². The Kier molecular flexibility index (Phi) is 5.60. The van der Waals surface area contributed by atoms with Crippen molar-refractivity contribution in [2.75, 3.05) is 0 Å². The molecule has 0 aliphatic rings. The number of benzene rings is 1. The van der Waals surface area contributed by atoms with E-state index in [9.17, 15) is 4.79 Å². The number of hydrogen-bond donors (Lipinski definition) is 0. The number of halogens is 1. The number of nitrogens with zero attached hydrogens (tertiary/aromatic N) is 1. The van der Waals surface area contributed by atoms with Crippen LogP contribution in [0.3, 0.4) is 0 Å². The first-order valence-corrected chi connectivity index (χ1v) is 8.67. The number of hydrogen-bond acceptors (Lipinski definition) is 4. The van der Waals surface area contributed by atoms with Gasteiger partial charge < -0.3 is 18.5 Å². The van der Waals surface area contributed by atoms with Gasteiger partial charge in [0.2, 0.25) is 0 Å². The molecule has 0 bridgehead atoms. The second-order valence-electron chi connectivity index (χ2n) is 5.57. The van der Waals surface area contributed by atoms with Crippen molar-refractivity contribution in [3.8, 4) is 5.75 Å². The quantitative estimate of drug-likeness (QED) is 0.576. The van der Waals surface area contributed by atoms with Crippen LogP contribution >= 0.6 is 15.9 Å². The lowest BCUT2D eigenvalue weighted by Crippen LogP contribution is -2.39. The lowest BCUT2D eigenvalue weighted by molar-refractivity contribution is -0.139. The van der Waals surface area contributed by atoms with Crippen LogP contribution in [0.25, 0.3) is 0 Å². The van der Waals surface area contributed by atoms with Crippen molar-refractivity contribution in [1.29, 1.82) is 0 Å². The molecule has 0 saturated carbocycles. The fraction of sp³-hybridized carbons (Fsp3) is 0.211. The Morgan fingerprint density at radius 2 is 1.60 bits per heavy atom. The Morgan fingerprint density at radius 3 is 2.08 bits per heavy atom. The third-order valence-electron chi connectivity index (χ3n) is 3.64. The molecule has 3 rings (SSSR count). The Bertz CT molecular complexity index is 745. The summed E-state index contributed by atoms with van der Waals surface area (Å²) in [4.78, 5) is 14.5. The maximum Gasteiger partial charge on any atom is 0.264 e. The molecule has 1 unspecified atom stereocenters. The van der Waals surface area contributed by atoms with Gasteiger partial charge in [-0.1, -0.05) is 15.9 Å². The van der Waals surface area contributed by atoms with E-state index in [0.717, 1.165) is 4.47 Å². The first-order chi connectivity index (χ1) is 12.1. The zero-order valence-corrected chi connectivity index (χ0v) is 15.3. The number of rotatable bonds is 7. The van der Waals surface area contributed by atoms with Gasteiger partial charge in [0.05, 0.1) is 25.6 Å². The van der Waals surface area contributed by atoms with E-state index in [1.807, 2.05) is 36.4 Å². The van der Waals surface area contributed by atoms with Gasteiger partial charge in [0.1, 0.15) is 17.3 Å². The van der Waals surface area contributed by atoms with E-state index in [2.05, 4.69) is 15.9 Å². The molecular weight excluding hydrogens is 386 g/mol. The summed E-state index contributed by atoms with van der Waals surface area (Å²) in [6.45, 7) is 2.43. The molecule has 130 valence electrons. The molecule has 0 saturated heterocycles. The highest BCUT2D eigenvalue weighted by atomic mass is 79.9. The molecular formula is C19H18BrNO4. The first-order valence-electron chi connectivity index (χ1n) is 7.87. The third-order valence-corrected chi connectivity index (χ3v) is 4.17. The molecule has 5 nitrogen and oxygen atoms in total. The van der Waals surface area contributed by atoms with Crippen LogP contribution in [0.2, 0.25) is 0 Å². The highest BCUT2D eigenvalue weighted by Crippen LogP contribution is 2.19. The molecule has 0 N–H and O–H groups in total. The van der Waals surface area contributed by atoms with E-state index >= 15 is 0 Å². The van der Waals surface area contributed by atoms with Crippen LogP contribution in [0.15, 0.2) is 74.4 Å². The summed E-state index contributed by atoms with van der Waals surface area (Å²) in [7, 11) is 0. The van der Waals surface area contributed by atoms with Crippen LogP contribution in [-0.4, -0.2) is 16.9 Å². The summed E-state index contributed by atoms with van der Waals surface area (Å²) in [5, 5.41) is 0. The van der Waals surface area contributed by atoms with Gasteiger partial charge in [-0.25, -0.2) is 0 Å². The highest BCUT2D eigenvalue weighted by molar-refractivity contribution is 9.10. The van der Waals surface area contributed by atoms with Gasteiger partial charge in [0.15, 0.2) is 6.10 Å². The van der Waals surface area contributed by atoms with Crippen molar-refractivity contribution < 1.29 is 18.4 Å². The van der Waals surface area contributed by atoms with Crippen molar-refractivity contribution in [1.82, 2.24) is 4.90 Å². The molecule has 6 heteroatoms. The van der Waals surface area contributed by atoms with Crippen molar-refractivity contribution in [2.24, 2.45) is 0 Å². The van der Waals surface area contributed by atoms with Crippen LogP contribution in [0.5, 0.6) is 5.75 Å². The van der Waals surface area contributed by atoms with E-state index in [-0.39, 0.29) is 5.91 Å². The molecule has 3 aromatic rings. The lowest BCUT2D eigenvalue weighted by Gasteiger charge is -2.24. The third kappa shape index (κ3) is 4.76. The van der Waals surface area contributed by atoms with Gasteiger partial charge >= 0.3 is 0 Å². The van der Waals surface area contributed by atoms with E-state index < -0.39 is 6.10 Å². The maximum absolute atomic E-state index is 12.9. The normalized spacial score (nSPS) is 11.9. The SMILES string of the molecule is CC(Oc1ccc(Br)cc1)C(=O)N(Cc1ccco1)Cc1ccco1. The number of ether oxygens (including phenoxy) is 1. The average Bonchev–Trinajstić information content (AvgIpc) is 3.29. The molecule has 1 amide bonds. The van der Waals surface area contributed by atoms with Crippen LogP contribution < -0.4 is 4.74 Å². The number of furan rings is 2. The molecule has 0 aliphatic carbocycles. The summed E-state index contributed by atoms with van der Waals surface area (Å²) < 4.78 is 17.5. The number of carbonyl (C=O) groups is 1. The summed E-state index contributed by atoms with van der Waals surface area (Å²) in [6, 6.07) is 14.6. The highest BCUT2D eigenvalue weighted by Gasteiger charge is 2.24. The van der Waals surface area contributed by atoms with E-state index in [4.69, 9.17) is 13.6 Å². The second-order valence-corrected chi connectivity index (χ2v) is 6.48. The van der Waals surface area contributed by atoms with Crippen LogP contribution in [0.4, 0.5) is 0 Å². The number of carbonyl (C=O) groups excluding carboxylic acids is 1. The Labute approximate surface area is 154 Å². The van der Waals surface area contributed by atoms with Crippen molar-refractivity contribution >= 4 is 21.8 Å². The van der Waals surface area contributed by atoms with E-state index in [1.54, 1.807) is 36.5 Å². The Balaban J connectivity index is 1.71. The summed E-state index contributed by atoms with van der Waals surface area (Å²) in [5.41, 5.74) is 0. The maximum atomic E-state index is 12.9. The lowest BCUT2D eigenvalue weighted by atomic mass is 10.2. The van der Waals surface area contributed by atoms with Gasteiger partial charge in [0, 0.05) is 4.47 Å². The molecule has 2 aromatic heterocycles. The van der Waals surface area contributed by atoms with Gasteiger partial charge in [-0.05, 0) is 55.5 Å². The molecule has 2 heterocycles. The molecule has 25 heavy (non-hydrogen) atoms. The topological polar surface area (TPSA) is 55.8 Å². The molecule has 0 spiro atoms. The summed E-state index contributed by atoms with van der Waals surface area (Å²) in [6.07, 6.45) is 2.55. The minimum atomic E-state index is -0.633. The molecule has 0 fully saturated rings. The van der Waals surface area contributed by atoms with E-state index in [0.29, 0.717) is 30.4 Å². The molecule has 1 atom stereocenters. The van der Waals surface area contributed by atoms with Gasteiger partial charge in [-0.3, -0.25) is 4.79 Å². The smallest absolute Gasteiger partial charge is 0.264 e. The van der Waals surface area contributed by atoms with Crippen molar-refractivity contribution in [3.63, 3.8) is 0 Å². The fourth-order valence-electron chi connectivity index (χ4n) is 2.42. The summed E-state index contributed by atoms with van der Waals surface area (Å²) in [5.74, 6) is 1.90. The van der Waals surface area contributed by atoms with E-state index in [1.165, 1.54) is 0 Å². The van der Waals surface area contributed by atoms with Crippen LogP contribution in [0.1, 0.15) is 18.4 Å². The zero-order valence-electron chi connectivity index (χ0n) is 13.7. The second kappa shape index (κ2) is 8.07. The van der Waals surface area contributed by atoms with Gasteiger partial charge in [-0.2, -0.15) is 0 Å². The van der Waals surface area contributed by atoms with Crippen molar-refractivity contribution in [3.05, 3.63) is 77.1 Å². The zero-order chi connectivity index (χ0) is 17.6. The van der Waals surface area contributed by atoms with Crippen molar-refractivity contribution in [2.45, 2.75) is 26.1 Å². The molecule has 1 aromatic carbocycles. The summed E-state index contributed by atoms with van der Waals surface area (Å²) >= 11 is 3.38. The van der Waals surface area contributed by atoms with Crippen LogP contribution in [0, 0.1) is 0 Å². The minimum absolute atomic E-state index is 0.143. The average molecular weight is 404 g/mol. The minimum Gasteiger partial charge on any atom is -0.481 e. The number of amides is 1. The fourth-order valence-corrected chi connectivity index (χ4v) is 2.68. The Morgan fingerprint density at radius 1 is 1.04 bits per heavy atom. The monoisotopic (exact) mass is 403 g/mol. The molecule has 0 radical (unpaired) electrons. The standard InChI is InChI=1S/C19H18BrNO4/c1-14(25-16-8-6-15(20)7-9-16)19(22)21(12-17-4-2-10-23-17)13-18-5-3-11-24-18/h2-11,14H,12-13H2,1H3.